The third-order valence-electron chi connectivity index (χ3n) is 3.29. The SMILES string of the molecule is C1=c2ccc3c(c2OC1)-c1ccccc1C=3. The Labute approximate surface area is 93.3 Å². The summed E-state index contributed by atoms with van der Waals surface area (Å²) in [6, 6.07) is 12.8. The average molecular weight is 206 g/mol. The van der Waals surface area contributed by atoms with E-state index in [9.17, 15) is 0 Å². The van der Waals surface area contributed by atoms with Crippen LogP contribution in [0.3, 0.4) is 0 Å². The van der Waals surface area contributed by atoms with Crippen LogP contribution in [0.5, 0.6) is 5.75 Å². The van der Waals surface area contributed by atoms with Crippen LogP contribution in [-0.2, 0) is 0 Å². The fourth-order valence-corrected chi connectivity index (χ4v) is 2.56. The lowest BCUT2D eigenvalue weighted by Crippen LogP contribution is -2.09. The first kappa shape index (κ1) is 8.17. The standard InChI is InChI=1S/C15H10O/c1-2-4-13-11(3-1)9-12-6-5-10-7-8-16-15(10)14(12)13/h1-7,9H,8H2. The van der Waals surface area contributed by atoms with Crippen LogP contribution in [0.4, 0.5) is 0 Å². The highest BCUT2D eigenvalue weighted by molar-refractivity contribution is 5.86. The molecule has 16 heavy (non-hydrogen) atoms. The molecule has 1 aliphatic heterocycles. The van der Waals surface area contributed by atoms with E-state index in [0.29, 0.717) is 6.61 Å². The zero-order chi connectivity index (χ0) is 10.5. The Hall–Kier alpha value is -2.02. The van der Waals surface area contributed by atoms with Crippen molar-refractivity contribution in [3.63, 3.8) is 0 Å². The Kier molecular flexibility index (Phi) is 1.41. The molecule has 1 aliphatic carbocycles. The van der Waals surface area contributed by atoms with Crippen molar-refractivity contribution in [3.8, 4) is 16.9 Å². The largest absolute Gasteiger partial charge is 0.488 e. The summed E-state index contributed by atoms with van der Waals surface area (Å²) in [5, 5.41) is 2.50. The maximum atomic E-state index is 5.72. The van der Waals surface area contributed by atoms with E-state index in [2.05, 4.69) is 48.6 Å². The van der Waals surface area contributed by atoms with E-state index in [1.165, 1.54) is 27.1 Å². The molecule has 2 aliphatic rings. The molecule has 0 N–H and O–H groups in total. The van der Waals surface area contributed by atoms with Crippen LogP contribution in [0.25, 0.3) is 23.3 Å². The molecular formula is C15H10O. The van der Waals surface area contributed by atoms with E-state index in [4.69, 9.17) is 4.74 Å². The smallest absolute Gasteiger partial charge is 0.135 e. The van der Waals surface area contributed by atoms with E-state index >= 15 is 0 Å². The van der Waals surface area contributed by atoms with Gasteiger partial charge in [0.2, 0.25) is 0 Å². The molecule has 76 valence electrons. The van der Waals surface area contributed by atoms with Gasteiger partial charge in [-0.25, -0.2) is 0 Å². The van der Waals surface area contributed by atoms with Crippen LogP contribution in [0.2, 0.25) is 0 Å². The maximum absolute atomic E-state index is 5.72. The fraction of sp³-hybridized carbons (Fsp3) is 0.0667. The second kappa shape index (κ2) is 2.76. The summed E-state index contributed by atoms with van der Waals surface area (Å²) in [5.41, 5.74) is 3.85. The van der Waals surface area contributed by atoms with Gasteiger partial charge in [0.1, 0.15) is 12.4 Å². The monoisotopic (exact) mass is 206 g/mol. The average Bonchev–Trinajstić information content (AvgIpc) is 2.91. The van der Waals surface area contributed by atoms with Gasteiger partial charge in [-0.2, -0.15) is 0 Å². The summed E-state index contributed by atoms with van der Waals surface area (Å²) in [5.74, 6) is 1.05. The first-order valence-electron chi connectivity index (χ1n) is 5.51. The molecule has 0 saturated carbocycles. The lowest BCUT2D eigenvalue weighted by atomic mass is 10.0. The van der Waals surface area contributed by atoms with E-state index in [-0.39, 0.29) is 0 Å². The normalized spacial score (nSPS) is 14.2. The lowest BCUT2D eigenvalue weighted by molar-refractivity contribution is 0.387. The van der Waals surface area contributed by atoms with Gasteiger partial charge in [-0.3, -0.25) is 0 Å². The van der Waals surface area contributed by atoms with Crippen LogP contribution in [0.15, 0.2) is 36.4 Å². The van der Waals surface area contributed by atoms with Crippen LogP contribution in [-0.4, -0.2) is 6.61 Å². The molecule has 2 aromatic rings. The van der Waals surface area contributed by atoms with Crippen LogP contribution < -0.4 is 15.2 Å². The third kappa shape index (κ3) is 0.904. The van der Waals surface area contributed by atoms with Gasteiger partial charge in [-0.1, -0.05) is 36.4 Å². The zero-order valence-corrected chi connectivity index (χ0v) is 8.73. The molecule has 1 heteroatoms. The third-order valence-corrected chi connectivity index (χ3v) is 3.29. The van der Waals surface area contributed by atoms with Crippen molar-refractivity contribution in [1.82, 2.24) is 0 Å². The van der Waals surface area contributed by atoms with Gasteiger partial charge in [0, 0.05) is 10.8 Å². The fourth-order valence-electron chi connectivity index (χ4n) is 2.56. The van der Waals surface area contributed by atoms with E-state index in [1.807, 2.05) is 0 Å². The predicted molar refractivity (Wildman–Crippen MR) is 64.7 cm³/mol. The quantitative estimate of drug-likeness (QED) is 0.543. The molecule has 0 bridgehead atoms. The Bertz CT molecular complexity index is 711. The lowest BCUT2D eigenvalue weighted by Gasteiger charge is -2.06. The second-order valence-corrected chi connectivity index (χ2v) is 4.19. The minimum absolute atomic E-state index is 0.702. The molecule has 4 rings (SSSR count). The van der Waals surface area contributed by atoms with Crippen molar-refractivity contribution >= 4 is 12.2 Å². The highest BCUT2D eigenvalue weighted by atomic mass is 16.5. The van der Waals surface area contributed by atoms with Crippen molar-refractivity contribution < 1.29 is 4.74 Å². The Balaban J connectivity index is 2.18. The molecule has 1 heterocycles. The van der Waals surface area contributed by atoms with Crippen molar-refractivity contribution in [3.05, 3.63) is 52.4 Å². The van der Waals surface area contributed by atoms with Crippen LogP contribution >= 0.6 is 0 Å². The molecule has 0 saturated heterocycles. The number of benzene rings is 2. The predicted octanol–water partition coefficient (Wildman–Crippen LogP) is 1.67. The number of hydrogen-bond acceptors (Lipinski definition) is 1. The molecule has 0 aromatic heterocycles. The summed E-state index contributed by atoms with van der Waals surface area (Å²) in [6.45, 7) is 0.702. The van der Waals surface area contributed by atoms with Crippen molar-refractivity contribution in [2.45, 2.75) is 0 Å². The number of fused-ring (bicyclic) bond motifs is 5. The van der Waals surface area contributed by atoms with Crippen molar-refractivity contribution in [2.75, 3.05) is 6.61 Å². The maximum Gasteiger partial charge on any atom is 0.135 e. The number of hydrogen-bond donors (Lipinski definition) is 0. The minimum atomic E-state index is 0.702. The summed E-state index contributed by atoms with van der Waals surface area (Å²) in [7, 11) is 0. The number of ether oxygens (including phenoxy) is 1. The summed E-state index contributed by atoms with van der Waals surface area (Å²) >= 11 is 0. The van der Waals surface area contributed by atoms with Gasteiger partial charge in [0.05, 0.1) is 0 Å². The molecule has 1 nitrogen and oxygen atoms in total. The van der Waals surface area contributed by atoms with Gasteiger partial charge in [-0.15, -0.1) is 0 Å². The highest BCUT2D eigenvalue weighted by Gasteiger charge is 2.18. The molecule has 2 aromatic carbocycles. The Morgan fingerprint density at radius 2 is 1.81 bits per heavy atom. The van der Waals surface area contributed by atoms with E-state index in [0.717, 1.165) is 5.75 Å². The summed E-state index contributed by atoms with van der Waals surface area (Å²) in [6.07, 6.45) is 4.36. The Morgan fingerprint density at radius 1 is 0.938 bits per heavy atom. The highest BCUT2D eigenvalue weighted by Crippen LogP contribution is 2.32. The molecule has 0 unspecified atom stereocenters. The molecule has 0 amide bonds. The Morgan fingerprint density at radius 3 is 2.81 bits per heavy atom. The second-order valence-electron chi connectivity index (χ2n) is 4.19. The van der Waals surface area contributed by atoms with E-state index in [1.54, 1.807) is 0 Å². The first-order chi connectivity index (χ1) is 7.93. The molecule has 0 spiro atoms. The van der Waals surface area contributed by atoms with Crippen molar-refractivity contribution in [2.24, 2.45) is 0 Å². The van der Waals surface area contributed by atoms with Gasteiger partial charge >= 0.3 is 0 Å². The molecule has 0 atom stereocenters. The minimum Gasteiger partial charge on any atom is -0.488 e. The van der Waals surface area contributed by atoms with E-state index < -0.39 is 0 Å². The topological polar surface area (TPSA) is 9.23 Å². The summed E-state index contributed by atoms with van der Waals surface area (Å²) in [4.78, 5) is 0. The molecular weight excluding hydrogens is 196 g/mol. The van der Waals surface area contributed by atoms with Gasteiger partial charge in [0.15, 0.2) is 0 Å². The van der Waals surface area contributed by atoms with Crippen LogP contribution in [0.1, 0.15) is 5.56 Å². The van der Waals surface area contributed by atoms with Crippen molar-refractivity contribution in [1.29, 1.82) is 0 Å². The van der Waals surface area contributed by atoms with Gasteiger partial charge in [0.25, 0.3) is 0 Å². The summed E-state index contributed by atoms with van der Waals surface area (Å²) < 4.78 is 5.72. The molecule has 0 fully saturated rings. The number of rotatable bonds is 0. The van der Waals surface area contributed by atoms with Gasteiger partial charge < -0.3 is 4.74 Å². The van der Waals surface area contributed by atoms with Crippen LogP contribution in [0, 0.1) is 0 Å². The van der Waals surface area contributed by atoms with Gasteiger partial charge in [-0.05, 0) is 28.5 Å². The zero-order valence-electron chi connectivity index (χ0n) is 8.73. The molecule has 0 radical (unpaired) electrons. The first-order valence-corrected chi connectivity index (χ1v) is 5.51.